The summed E-state index contributed by atoms with van der Waals surface area (Å²) in [6.45, 7) is 2.78. The Hall–Kier alpha value is -3.02. The van der Waals surface area contributed by atoms with Crippen LogP contribution in [0.4, 0.5) is 5.69 Å². The molecule has 2 aromatic carbocycles. The van der Waals surface area contributed by atoms with Gasteiger partial charge in [0.1, 0.15) is 24.1 Å². The molecule has 6 heteroatoms. The fourth-order valence-corrected chi connectivity index (χ4v) is 2.86. The summed E-state index contributed by atoms with van der Waals surface area (Å²) >= 11 is 0. The van der Waals surface area contributed by atoms with Crippen LogP contribution in [0.3, 0.4) is 0 Å². The van der Waals surface area contributed by atoms with E-state index in [1.165, 1.54) is 4.90 Å². The maximum absolute atomic E-state index is 12.7. The lowest BCUT2D eigenvalue weighted by atomic mass is 10.1. The molecule has 1 unspecified atom stereocenters. The fraction of sp³-hybridized carbons (Fsp3) is 0.333. The molecule has 1 heterocycles. The van der Waals surface area contributed by atoms with Crippen LogP contribution in [-0.2, 0) is 4.79 Å². The number of unbranched alkanes of at least 4 members (excludes halogenated alkanes) is 1. The lowest BCUT2D eigenvalue weighted by molar-refractivity contribution is -0.120. The Kier molecular flexibility index (Phi) is 5.96. The summed E-state index contributed by atoms with van der Waals surface area (Å²) < 4.78 is 11.4. The molecule has 0 bridgehead atoms. The Balaban J connectivity index is 1.69. The maximum Gasteiger partial charge on any atom is 0.252 e. The molecule has 1 aliphatic rings. The predicted octanol–water partition coefficient (Wildman–Crippen LogP) is 3.02. The summed E-state index contributed by atoms with van der Waals surface area (Å²) in [4.78, 5) is 26.9. The first-order chi connectivity index (χ1) is 13.1. The third-order valence-electron chi connectivity index (χ3n) is 4.43. The summed E-state index contributed by atoms with van der Waals surface area (Å²) in [6.07, 6.45) is 2.00. The molecule has 0 fully saturated rings. The normalized spacial score (nSPS) is 16.1. The summed E-state index contributed by atoms with van der Waals surface area (Å²) in [5, 5.41) is 2.77. The van der Waals surface area contributed by atoms with Crippen molar-refractivity contribution in [3.63, 3.8) is 0 Å². The molecule has 0 radical (unpaired) electrons. The molecule has 1 atom stereocenters. The third kappa shape index (κ3) is 4.39. The number of carbonyl (C=O) groups is 2. The van der Waals surface area contributed by atoms with Gasteiger partial charge >= 0.3 is 0 Å². The average Bonchev–Trinajstić information content (AvgIpc) is 2.81. The van der Waals surface area contributed by atoms with Crippen molar-refractivity contribution in [1.82, 2.24) is 5.32 Å². The van der Waals surface area contributed by atoms with E-state index >= 15 is 0 Å². The van der Waals surface area contributed by atoms with Crippen molar-refractivity contribution in [2.75, 3.05) is 25.2 Å². The van der Waals surface area contributed by atoms with Gasteiger partial charge in [0.15, 0.2) is 0 Å². The van der Waals surface area contributed by atoms with Crippen molar-refractivity contribution in [1.29, 1.82) is 0 Å². The van der Waals surface area contributed by atoms with Gasteiger partial charge in [-0.05, 0) is 36.8 Å². The number of rotatable bonds is 6. The highest BCUT2D eigenvalue weighted by Crippen LogP contribution is 2.29. The lowest BCUT2D eigenvalue weighted by Crippen LogP contribution is -2.49. The molecule has 2 aromatic rings. The number of anilines is 1. The minimum atomic E-state index is -0.764. The number of carbonyl (C=O) groups excluding carboxylic acids is 2. The molecule has 0 saturated carbocycles. The molecule has 0 spiro atoms. The highest BCUT2D eigenvalue weighted by molar-refractivity contribution is 6.03. The Bertz CT molecular complexity index is 821. The zero-order valence-electron chi connectivity index (χ0n) is 15.6. The van der Waals surface area contributed by atoms with Crippen molar-refractivity contribution in [2.24, 2.45) is 0 Å². The lowest BCUT2D eigenvalue weighted by Gasteiger charge is -2.20. The zero-order valence-corrected chi connectivity index (χ0v) is 15.6. The van der Waals surface area contributed by atoms with E-state index in [1.54, 1.807) is 31.3 Å². The van der Waals surface area contributed by atoms with Crippen LogP contribution < -0.4 is 19.7 Å². The first-order valence-electron chi connectivity index (χ1n) is 9.13. The summed E-state index contributed by atoms with van der Waals surface area (Å²) in [5.74, 6) is 0.710. The van der Waals surface area contributed by atoms with Gasteiger partial charge in [-0.2, -0.15) is 0 Å². The molecule has 142 valence electrons. The van der Waals surface area contributed by atoms with E-state index in [9.17, 15) is 9.59 Å². The van der Waals surface area contributed by atoms with Crippen LogP contribution in [0, 0.1) is 0 Å². The zero-order chi connectivity index (χ0) is 19.2. The first kappa shape index (κ1) is 18.8. The van der Waals surface area contributed by atoms with Crippen LogP contribution in [0.25, 0.3) is 0 Å². The number of fused-ring (bicyclic) bond motifs is 1. The monoisotopic (exact) mass is 368 g/mol. The highest BCUT2D eigenvalue weighted by atomic mass is 16.5. The molecule has 1 aliphatic heterocycles. The molecule has 2 amide bonds. The second-order valence-electron chi connectivity index (χ2n) is 6.43. The number of nitrogens with zero attached hydrogens (tertiary/aromatic N) is 1. The average molecular weight is 368 g/mol. The van der Waals surface area contributed by atoms with Gasteiger partial charge in [-0.3, -0.25) is 9.59 Å². The van der Waals surface area contributed by atoms with Gasteiger partial charge in [-0.15, -0.1) is 0 Å². The molecule has 0 aliphatic carbocycles. The van der Waals surface area contributed by atoms with Crippen LogP contribution >= 0.6 is 0 Å². The first-order valence-corrected chi connectivity index (χ1v) is 9.13. The molecule has 1 N–H and O–H groups in total. The SMILES string of the molecule is CCCCOc1cccc(C(=O)NC2COc3ccccc3N(C)C2=O)c1. The number of amides is 2. The molecular formula is C21H24N2O4. The Morgan fingerprint density at radius 1 is 1.26 bits per heavy atom. The van der Waals surface area contributed by atoms with Gasteiger partial charge in [0, 0.05) is 12.6 Å². The van der Waals surface area contributed by atoms with Crippen molar-refractivity contribution < 1.29 is 19.1 Å². The third-order valence-corrected chi connectivity index (χ3v) is 4.43. The summed E-state index contributed by atoms with van der Waals surface area (Å²) in [5.41, 5.74) is 1.13. The minimum absolute atomic E-state index is 0.0820. The molecule has 0 aromatic heterocycles. The number of ether oxygens (including phenoxy) is 2. The van der Waals surface area contributed by atoms with Crippen LogP contribution in [-0.4, -0.2) is 38.1 Å². The molecule has 0 saturated heterocycles. The van der Waals surface area contributed by atoms with E-state index < -0.39 is 6.04 Å². The smallest absolute Gasteiger partial charge is 0.252 e. The van der Waals surface area contributed by atoms with E-state index in [2.05, 4.69) is 12.2 Å². The van der Waals surface area contributed by atoms with Crippen LogP contribution in [0.5, 0.6) is 11.5 Å². The van der Waals surface area contributed by atoms with E-state index in [0.717, 1.165) is 12.8 Å². The largest absolute Gasteiger partial charge is 0.494 e. The van der Waals surface area contributed by atoms with Gasteiger partial charge in [0.25, 0.3) is 11.8 Å². The fourth-order valence-electron chi connectivity index (χ4n) is 2.86. The number of hydrogen-bond donors (Lipinski definition) is 1. The van der Waals surface area contributed by atoms with Crippen molar-refractivity contribution >= 4 is 17.5 Å². The molecule has 3 rings (SSSR count). The number of benzene rings is 2. The summed E-state index contributed by atoms with van der Waals surface area (Å²) in [7, 11) is 1.68. The Morgan fingerprint density at radius 3 is 2.89 bits per heavy atom. The maximum atomic E-state index is 12.7. The second-order valence-corrected chi connectivity index (χ2v) is 6.43. The van der Waals surface area contributed by atoms with Crippen molar-refractivity contribution in [3.8, 4) is 11.5 Å². The second kappa shape index (κ2) is 8.58. The van der Waals surface area contributed by atoms with E-state index in [0.29, 0.717) is 29.4 Å². The predicted molar refractivity (Wildman–Crippen MR) is 103 cm³/mol. The van der Waals surface area contributed by atoms with E-state index in [1.807, 2.05) is 24.3 Å². The minimum Gasteiger partial charge on any atom is -0.494 e. The van der Waals surface area contributed by atoms with Crippen LogP contribution in [0.1, 0.15) is 30.1 Å². The number of nitrogens with one attached hydrogen (secondary N) is 1. The Labute approximate surface area is 159 Å². The van der Waals surface area contributed by atoms with Gasteiger partial charge in [-0.25, -0.2) is 0 Å². The Morgan fingerprint density at radius 2 is 2.07 bits per heavy atom. The topological polar surface area (TPSA) is 67.9 Å². The molecular weight excluding hydrogens is 344 g/mol. The van der Waals surface area contributed by atoms with Gasteiger partial charge in [0.2, 0.25) is 0 Å². The number of para-hydroxylation sites is 2. The van der Waals surface area contributed by atoms with E-state index in [4.69, 9.17) is 9.47 Å². The van der Waals surface area contributed by atoms with Crippen LogP contribution in [0.15, 0.2) is 48.5 Å². The quantitative estimate of drug-likeness (QED) is 0.796. The van der Waals surface area contributed by atoms with Gasteiger partial charge in [-0.1, -0.05) is 31.5 Å². The van der Waals surface area contributed by atoms with Crippen molar-refractivity contribution in [3.05, 3.63) is 54.1 Å². The van der Waals surface area contributed by atoms with Crippen LogP contribution in [0.2, 0.25) is 0 Å². The van der Waals surface area contributed by atoms with Gasteiger partial charge < -0.3 is 19.7 Å². The highest BCUT2D eigenvalue weighted by Gasteiger charge is 2.30. The van der Waals surface area contributed by atoms with Gasteiger partial charge in [0.05, 0.1) is 12.3 Å². The molecule has 27 heavy (non-hydrogen) atoms. The number of likely N-dealkylation sites (N-methyl/N-ethyl adjacent to an activating group) is 1. The number of hydrogen-bond acceptors (Lipinski definition) is 4. The van der Waals surface area contributed by atoms with Crippen molar-refractivity contribution in [2.45, 2.75) is 25.8 Å². The molecule has 6 nitrogen and oxygen atoms in total. The summed E-state index contributed by atoms with van der Waals surface area (Å²) in [6, 6.07) is 13.5. The van der Waals surface area contributed by atoms with E-state index in [-0.39, 0.29) is 18.4 Å². The standard InChI is InChI=1S/C21H24N2O4/c1-3-4-12-26-16-9-7-8-15(13-16)20(24)22-17-14-27-19-11-6-5-10-18(19)23(2)21(17)25/h5-11,13,17H,3-4,12,14H2,1-2H3,(H,22,24).